The molecule has 2 heterocycles. The maximum absolute atomic E-state index is 12.6. The van der Waals surface area contributed by atoms with Crippen molar-refractivity contribution < 1.29 is 23.7 Å². The zero-order valence-corrected chi connectivity index (χ0v) is 19.2. The average molecular weight is 423 g/mol. The number of hydrogen-bond donors (Lipinski definition) is 2. The van der Waals surface area contributed by atoms with E-state index >= 15 is 0 Å². The van der Waals surface area contributed by atoms with Crippen molar-refractivity contribution in [3.8, 4) is 0 Å². The van der Waals surface area contributed by atoms with Crippen LogP contribution in [0.1, 0.15) is 53.9 Å². The predicted molar refractivity (Wildman–Crippen MR) is 115 cm³/mol. The van der Waals surface area contributed by atoms with Crippen LogP contribution >= 0.6 is 0 Å². The summed E-state index contributed by atoms with van der Waals surface area (Å²) in [6, 6.07) is -0.339. The van der Waals surface area contributed by atoms with E-state index in [1.54, 1.807) is 7.11 Å². The van der Waals surface area contributed by atoms with E-state index in [4.69, 9.17) is 24.7 Å². The first-order valence-corrected chi connectivity index (χ1v) is 10.9. The van der Waals surface area contributed by atoms with Crippen LogP contribution in [0.2, 0.25) is 0 Å². The number of amides is 1. The summed E-state index contributed by atoms with van der Waals surface area (Å²) in [6.45, 7) is 14.7. The fourth-order valence-electron chi connectivity index (χ4n) is 5.06. The van der Waals surface area contributed by atoms with Gasteiger partial charge in [-0.3, -0.25) is 0 Å². The van der Waals surface area contributed by atoms with E-state index in [-0.39, 0.29) is 47.4 Å². The highest BCUT2D eigenvalue weighted by atomic mass is 16.6. The van der Waals surface area contributed by atoms with Crippen molar-refractivity contribution in [2.75, 3.05) is 13.7 Å². The maximum atomic E-state index is 12.6. The number of methoxy groups -OCH3 is 1. The molecular weight excluding hydrogens is 384 g/mol. The fourth-order valence-corrected chi connectivity index (χ4v) is 5.06. The Morgan fingerprint density at radius 1 is 1.40 bits per heavy atom. The molecule has 3 fully saturated rings. The Bertz CT molecular complexity index is 698. The van der Waals surface area contributed by atoms with Gasteiger partial charge in [-0.15, -0.1) is 0 Å². The van der Waals surface area contributed by atoms with Crippen LogP contribution in [0.5, 0.6) is 0 Å². The lowest BCUT2D eigenvalue weighted by Gasteiger charge is -2.42. The molecule has 30 heavy (non-hydrogen) atoms. The molecule has 0 aromatic heterocycles. The van der Waals surface area contributed by atoms with Gasteiger partial charge in [-0.05, 0) is 46.0 Å². The number of allylic oxidation sites excluding steroid dienone is 1. The molecule has 7 atom stereocenters. The van der Waals surface area contributed by atoms with Crippen LogP contribution < -0.4 is 11.1 Å². The van der Waals surface area contributed by atoms with Gasteiger partial charge in [0, 0.05) is 12.8 Å². The molecule has 1 saturated carbocycles. The Kier molecular flexibility index (Phi) is 6.56. The molecule has 3 aliphatic rings. The third-order valence-corrected chi connectivity index (χ3v) is 6.83. The number of nitrogens with two attached hydrogens (primary N) is 1. The van der Waals surface area contributed by atoms with Gasteiger partial charge in [-0.25, -0.2) is 4.79 Å². The summed E-state index contributed by atoms with van der Waals surface area (Å²) >= 11 is 0. The Labute approximate surface area is 180 Å². The zero-order chi connectivity index (χ0) is 22.3. The van der Waals surface area contributed by atoms with Crippen molar-refractivity contribution >= 4 is 6.09 Å². The smallest absolute Gasteiger partial charge is 0.408 e. The number of rotatable bonds is 8. The van der Waals surface area contributed by atoms with Gasteiger partial charge in [0.05, 0.1) is 24.7 Å². The number of hydrogen-bond acceptors (Lipinski definition) is 6. The quantitative estimate of drug-likeness (QED) is 0.460. The molecule has 7 nitrogen and oxygen atoms in total. The first-order chi connectivity index (χ1) is 14.0. The molecular formula is C23H38N2O5. The van der Waals surface area contributed by atoms with Gasteiger partial charge in [0.2, 0.25) is 0 Å². The van der Waals surface area contributed by atoms with Crippen LogP contribution in [0, 0.1) is 11.8 Å². The van der Waals surface area contributed by atoms with E-state index in [0.29, 0.717) is 18.7 Å². The van der Waals surface area contributed by atoms with Crippen molar-refractivity contribution in [1.29, 1.82) is 0 Å². The first-order valence-electron chi connectivity index (χ1n) is 10.9. The Balaban J connectivity index is 1.71. The maximum Gasteiger partial charge on any atom is 0.408 e. The van der Waals surface area contributed by atoms with Gasteiger partial charge < -0.3 is 30.0 Å². The predicted octanol–water partition coefficient (Wildman–Crippen LogP) is 3.29. The minimum atomic E-state index is -0.498. The molecule has 0 aromatic rings. The summed E-state index contributed by atoms with van der Waals surface area (Å²) in [7, 11) is 1.67. The van der Waals surface area contributed by atoms with Crippen LogP contribution in [-0.4, -0.2) is 55.4 Å². The highest BCUT2D eigenvalue weighted by Gasteiger charge is 2.72. The molecule has 0 radical (unpaired) electrons. The highest BCUT2D eigenvalue weighted by molar-refractivity contribution is 5.68. The summed E-state index contributed by atoms with van der Waals surface area (Å²) in [5, 5.41) is 2.84. The molecule has 0 bridgehead atoms. The van der Waals surface area contributed by atoms with Crippen LogP contribution in [0.25, 0.3) is 0 Å². The number of ether oxygens (including phenoxy) is 4. The van der Waals surface area contributed by atoms with E-state index < -0.39 is 6.09 Å². The zero-order valence-electron chi connectivity index (χ0n) is 19.2. The van der Waals surface area contributed by atoms with Gasteiger partial charge in [0.1, 0.15) is 23.4 Å². The van der Waals surface area contributed by atoms with Crippen molar-refractivity contribution in [1.82, 2.24) is 5.32 Å². The van der Waals surface area contributed by atoms with E-state index in [9.17, 15) is 4.79 Å². The largest absolute Gasteiger partial charge is 0.443 e. The lowest BCUT2D eigenvalue weighted by Crippen LogP contribution is -2.56. The van der Waals surface area contributed by atoms with Crippen LogP contribution in [-0.2, 0) is 18.9 Å². The van der Waals surface area contributed by atoms with E-state index in [2.05, 4.69) is 38.7 Å². The van der Waals surface area contributed by atoms with Crippen LogP contribution in [0.4, 0.5) is 4.79 Å². The van der Waals surface area contributed by atoms with Gasteiger partial charge in [0.25, 0.3) is 0 Å². The Morgan fingerprint density at radius 2 is 2.07 bits per heavy atom. The second kappa shape index (κ2) is 8.52. The van der Waals surface area contributed by atoms with Crippen molar-refractivity contribution in [3.63, 3.8) is 0 Å². The standard InChI is InChI=1S/C23H38N2O5/c1-13(2)8-9-17-22(6,30-17)20-19(27-7)16(10-11-23(20)12-28-23)29-21(26)25-18(14(3)4)15(5)24/h8,14,16-20H,5,9-12,24H2,1-4,6-7H3,(H,25,26)/t16-,17-,18?,19-,20-,22+,23+/m1/s1. The second-order valence-corrected chi connectivity index (χ2v) is 9.76. The summed E-state index contributed by atoms with van der Waals surface area (Å²) in [4.78, 5) is 12.6. The Hall–Kier alpha value is -1.57. The third-order valence-electron chi connectivity index (χ3n) is 6.83. The summed E-state index contributed by atoms with van der Waals surface area (Å²) < 4.78 is 23.9. The number of carbonyl (C=O) groups excluding carboxylic acids is 1. The number of carbonyl (C=O) groups is 1. The number of epoxide rings is 2. The van der Waals surface area contributed by atoms with E-state index in [1.807, 2.05) is 13.8 Å². The summed E-state index contributed by atoms with van der Waals surface area (Å²) in [5.74, 6) is 0.118. The van der Waals surface area contributed by atoms with Crippen LogP contribution in [0.3, 0.4) is 0 Å². The molecule has 1 amide bonds. The average Bonchev–Trinajstić information content (AvgIpc) is 3.56. The second-order valence-electron chi connectivity index (χ2n) is 9.76. The molecule has 170 valence electrons. The monoisotopic (exact) mass is 422 g/mol. The molecule has 3 rings (SSSR count). The molecule has 1 unspecified atom stereocenters. The van der Waals surface area contributed by atoms with Crippen molar-refractivity contribution in [3.05, 3.63) is 23.9 Å². The molecule has 0 aromatic carbocycles. The molecule has 2 saturated heterocycles. The van der Waals surface area contributed by atoms with E-state index in [1.165, 1.54) is 5.57 Å². The van der Waals surface area contributed by atoms with Crippen molar-refractivity contribution in [2.45, 2.75) is 89.4 Å². The lowest BCUT2D eigenvalue weighted by atomic mass is 9.68. The molecule has 3 N–H and O–H groups in total. The Morgan fingerprint density at radius 3 is 2.57 bits per heavy atom. The summed E-state index contributed by atoms with van der Waals surface area (Å²) in [6.07, 6.45) is 3.52. The van der Waals surface area contributed by atoms with E-state index in [0.717, 1.165) is 12.8 Å². The van der Waals surface area contributed by atoms with Crippen LogP contribution in [0.15, 0.2) is 23.9 Å². The first kappa shape index (κ1) is 23.1. The molecule has 1 spiro atoms. The minimum absolute atomic E-state index is 0.00230. The summed E-state index contributed by atoms with van der Waals surface area (Å²) in [5.41, 5.74) is 6.94. The van der Waals surface area contributed by atoms with Gasteiger partial charge in [-0.2, -0.15) is 0 Å². The van der Waals surface area contributed by atoms with Crippen molar-refractivity contribution in [2.24, 2.45) is 17.6 Å². The topological polar surface area (TPSA) is 98.6 Å². The highest BCUT2D eigenvalue weighted by Crippen LogP contribution is 2.59. The third kappa shape index (κ3) is 4.53. The number of nitrogens with one attached hydrogen (secondary N) is 1. The normalized spacial score (nSPS) is 38.1. The number of alkyl carbamates (subject to hydrolysis) is 1. The van der Waals surface area contributed by atoms with Gasteiger partial charge >= 0.3 is 6.09 Å². The lowest BCUT2D eigenvalue weighted by molar-refractivity contribution is -0.118. The van der Waals surface area contributed by atoms with Gasteiger partial charge in [0.15, 0.2) is 0 Å². The minimum Gasteiger partial charge on any atom is -0.443 e. The fraction of sp³-hybridized carbons (Fsp3) is 0.783. The van der Waals surface area contributed by atoms with Gasteiger partial charge in [-0.1, -0.05) is 32.1 Å². The molecule has 1 aliphatic carbocycles. The molecule has 2 aliphatic heterocycles. The molecule has 7 heteroatoms. The SMILES string of the molecule is C=C(N)C(NC(=O)O[C@@H]1CC[C@]2(CO2)[C@@H]([C@@]2(C)O[C@@H]2CC=C(C)C)[C@@H]1OC)C(C)C.